The Bertz CT molecular complexity index is 759. The molecule has 0 bridgehead atoms. The van der Waals surface area contributed by atoms with Crippen LogP contribution in [0.2, 0.25) is 0 Å². The predicted molar refractivity (Wildman–Crippen MR) is 127 cm³/mol. The highest BCUT2D eigenvalue weighted by Crippen LogP contribution is 2.07. The van der Waals surface area contributed by atoms with Gasteiger partial charge in [-0.15, -0.1) is 0 Å². The summed E-state index contributed by atoms with van der Waals surface area (Å²) in [7, 11) is 0. The lowest BCUT2D eigenvalue weighted by molar-refractivity contribution is -0.143. The molecule has 0 radical (unpaired) electrons. The number of guanidine groups is 1. The number of aliphatic carboxylic acids is 2. The van der Waals surface area contributed by atoms with E-state index in [1.807, 2.05) is 0 Å². The zero-order valence-corrected chi connectivity index (χ0v) is 20.1. The molecule has 0 aromatic carbocycles. The molecule has 0 saturated carbocycles. The second-order valence-electron chi connectivity index (χ2n) is 7.99. The molecule has 0 aliphatic heterocycles. The van der Waals surface area contributed by atoms with E-state index in [4.69, 9.17) is 27.4 Å². The molecule has 194 valence electrons. The number of carbonyl (C=O) groups is 5. The second kappa shape index (κ2) is 15.7. The van der Waals surface area contributed by atoms with Crippen LogP contribution in [0.25, 0.3) is 0 Å². The van der Waals surface area contributed by atoms with E-state index in [0.29, 0.717) is 6.42 Å². The number of nitrogens with zero attached hydrogens (tertiary/aromatic N) is 1. The van der Waals surface area contributed by atoms with Gasteiger partial charge in [0, 0.05) is 12.3 Å². The van der Waals surface area contributed by atoms with Crippen LogP contribution in [0.3, 0.4) is 0 Å². The lowest BCUT2D eigenvalue weighted by Crippen LogP contribution is -2.57. The second-order valence-corrected chi connectivity index (χ2v) is 8.35. The zero-order chi connectivity index (χ0) is 26.4. The summed E-state index contributed by atoms with van der Waals surface area (Å²) in [4.78, 5) is 63.9. The van der Waals surface area contributed by atoms with Crippen molar-refractivity contribution in [1.29, 1.82) is 0 Å². The van der Waals surface area contributed by atoms with Gasteiger partial charge in [-0.25, -0.2) is 4.79 Å². The summed E-state index contributed by atoms with van der Waals surface area (Å²) in [6.45, 7) is 3.78. The molecule has 4 unspecified atom stereocenters. The normalized spacial score (nSPS) is 14.3. The first kappa shape index (κ1) is 30.9. The van der Waals surface area contributed by atoms with Crippen molar-refractivity contribution < 1.29 is 34.2 Å². The molecule has 0 aromatic heterocycles. The minimum absolute atomic E-state index is 0.0820. The molecule has 11 N–H and O–H groups in total. The summed E-state index contributed by atoms with van der Waals surface area (Å²) in [6.07, 6.45) is -0.0886. The molecule has 0 aliphatic carbocycles. The standard InChI is InChI=1S/C19H35N7O7S/c1-9(2)6-11(16(30)26-13(8-34)18(32)33)25-17(31)12(7-14(27)28)24-15(29)10(20)4-3-5-23-19(21)22/h9-13,34H,3-8,20H2,1-2H3,(H,24,29)(H,25,31)(H,26,30)(H,27,28)(H,32,33)(H4,21,22,23). The van der Waals surface area contributed by atoms with E-state index in [2.05, 4.69) is 33.6 Å². The third-order valence-electron chi connectivity index (χ3n) is 4.45. The molecule has 0 rings (SSSR count). The monoisotopic (exact) mass is 505 g/mol. The van der Waals surface area contributed by atoms with Crippen LogP contribution in [0.1, 0.15) is 39.5 Å². The van der Waals surface area contributed by atoms with Crippen molar-refractivity contribution in [1.82, 2.24) is 16.0 Å². The number of carboxylic acids is 2. The van der Waals surface area contributed by atoms with Gasteiger partial charge < -0.3 is 43.4 Å². The van der Waals surface area contributed by atoms with Gasteiger partial charge in [-0.1, -0.05) is 13.8 Å². The number of nitrogens with two attached hydrogens (primary N) is 3. The van der Waals surface area contributed by atoms with Crippen molar-refractivity contribution in [3.63, 3.8) is 0 Å². The summed E-state index contributed by atoms with van der Waals surface area (Å²) in [5.41, 5.74) is 16.2. The molecule has 0 fully saturated rings. The molecule has 0 spiro atoms. The summed E-state index contributed by atoms with van der Waals surface area (Å²) >= 11 is 3.88. The average Bonchev–Trinajstić information content (AvgIpc) is 2.72. The fourth-order valence-electron chi connectivity index (χ4n) is 2.75. The molecule has 0 saturated heterocycles. The van der Waals surface area contributed by atoms with Gasteiger partial charge in [-0.05, 0) is 25.2 Å². The summed E-state index contributed by atoms with van der Waals surface area (Å²) in [6, 6.07) is -5.03. The number of carboxylic acid groups (broad SMARTS) is 2. The fraction of sp³-hybridized carbons (Fsp3) is 0.684. The van der Waals surface area contributed by atoms with Crippen LogP contribution >= 0.6 is 12.6 Å². The quantitative estimate of drug-likeness (QED) is 0.0456. The third-order valence-corrected chi connectivity index (χ3v) is 4.82. The molecular weight excluding hydrogens is 470 g/mol. The third kappa shape index (κ3) is 12.8. The Labute approximate surface area is 202 Å². The van der Waals surface area contributed by atoms with Crippen LogP contribution in [-0.2, 0) is 24.0 Å². The lowest BCUT2D eigenvalue weighted by atomic mass is 10.0. The summed E-state index contributed by atoms with van der Waals surface area (Å²) in [5, 5.41) is 25.2. The fourth-order valence-corrected chi connectivity index (χ4v) is 2.99. The van der Waals surface area contributed by atoms with E-state index in [0.717, 1.165) is 0 Å². The molecule has 34 heavy (non-hydrogen) atoms. The Balaban J connectivity index is 5.33. The van der Waals surface area contributed by atoms with Crippen LogP contribution in [0.5, 0.6) is 0 Å². The first-order valence-corrected chi connectivity index (χ1v) is 11.2. The van der Waals surface area contributed by atoms with Gasteiger partial charge >= 0.3 is 11.9 Å². The highest BCUT2D eigenvalue weighted by atomic mass is 32.1. The Kier molecular flexibility index (Phi) is 14.3. The van der Waals surface area contributed by atoms with Crippen LogP contribution < -0.4 is 33.2 Å². The first-order valence-electron chi connectivity index (χ1n) is 10.6. The van der Waals surface area contributed by atoms with E-state index in [-0.39, 0.29) is 37.0 Å². The van der Waals surface area contributed by atoms with Crippen molar-refractivity contribution in [2.24, 2.45) is 28.1 Å². The van der Waals surface area contributed by atoms with Gasteiger partial charge in [0.15, 0.2) is 5.96 Å². The van der Waals surface area contributed by atoms with Gasteiger partial charge in [0.05, 0.1) is 12.5 Å². The number of aliphatic imine (C=N–C) groups is 1. The average molecular weight is 506 g/mol. The number of thiol groups is 1. The van der Waals surface area contributed by atoms with E-state index in [1.54, 1.807) is 13.8 Å². The minimum Gasteiger partial charge on any atom is -0.481 e. The van der Waals surface area contributed by atoms with E-state index in [9.17, 15) is 24.0 Å². The Morgan fingerprint density at radius 3 is 1.91 bits per heavy atom. The van der Waals surface area contributed by atoms with Gasteiger partial charge in [-0.3, -0.25) is 24.2 Å². The Hall–Kier alpha value is -3.07. The highest BCUT2D eigenvalue weighted by molar-refractivity contribution is 7.80. The molecule has 15 heteroatoms. The van der Waals surface area contributed by atoms with Crippen molar-refractivity contribution in [3.05, 3.63) is 0 Å². The SMILES string of the molecule is CC(C)CC(NC(=O)C(CC(=O)O)NC(=O)C(N)CCCN=C(N)N)C(=O)NC(CS)C(=O)O. The summed E-state index contributed by atoms with van der Waals surface area (Å²) < 4.78 is 0. The topological polar surface area (TPSA) is 252 Å². The number of hydrogen-bond acceptors (Lipinski definition) is 8. The van der Waals surface area contributed by atoms with E-state index in [1.165, 1.54) is 0 Å². The van der Waals surface area contributed by atoms with Crippen molar-refractivity contribution in [2.45, 2.75) is 63.7 Å². The van der Waals surface area contributed by atoms with Crippen molar-refractivity contribution in [3.8, 4) is 0 Å². The first-order chi connectivity index (χ1) is 15.8. The van der Waals surface area contributed by atoms with Crippen LogP contribution in [0, 0.1) is 5.92 Å². The van der Waals surface area contributed by atoms with Gasteiger partial charge in [0.1, 0.15) is 18.1 Å². The van der Waals surface area contributed by atoms with Crippen LogP contribution in [-0.4, -0.2) is 82.3 Å². The number of carbonyl (C=O) groups excluding carboxylic acids is 3. The molecule has 0 aromatic rings. The number of nitrogens with one attached hydrogen (secondary N) is 3. The number of hydrogen-bond donors (Lipinski definition) is 9. The molecule has 3 amide bonds. The Morgan fingerprint density at radius 2 is 1.44 bits per heavy atom. The van der Waals surface area contributed by atoms with E-state index < -0.39 is 60.2 Å². The molecule has 4 atom stereocenters. The number of amides is 3. The van der Waals surface area contributed by atoms with Crippen LogP contribution in [0.15, 0.2) is 4.99 Å². The molecular formula is C19H35N7O7S. The summed E-state index contributed by atoms with van der Waals surface area (Å²) in [5.74, 6) is -5.51. The zero-order valence-electron chi connectivity index (χ0n) is 19.2. The predicted octanol–water partition coefficient (Wildman–Crippen LogP) is -2.64. The number of rotatable bonds is 16. The molecule has 0 heterocycles. The maximum absolute atomic E-state index is 12.8. The maximum Gasteiger partial charge on any atom is 0.327 e. The Morgan fingerprint density at radius 1 is 0.912 bits per heavy atom. The highest BCUT2D eigenvalue weighted by Gasteiger charge is 2.31. The van der Waals surface area contributed by atoms with Crippen molar-refractivity contribution >= 4 is 48.2 Å². The maximum atomic E-state index is 12.8. The molecule has 0 aliphatic rings. The lowest BCUT2D eigenvalue weighted by Gasteiger charge is -2.25. The van der Waals surface area contributed by atoms with Gasteiger partial charge in [0.25, 0.3) is 0 Å². The van der Waals surface area contributed by atoms with Gasteiger partial charge in [-0.2, -0.15) is 12.6 Å². The van der Waals surface area contributed by atoms with Gasteiger partial charge in [0.2, 0.25) is 17.7 Å². The largest absolute Gasteiger partial charge is 0.481 e. The minimum atomic E-state index is -1.52. The van der Waals surface area contributed by atoms with E-state index >= 15 is 0 Å². The van der Waals surface area contributed by atoms with Crippen LogP contribution in [0.4, 0.5) is 0 Å². The molecule has 14 nitrogen and oxygen atoms in total. The van der Waals surface area contributed by atoms with Crippen molar-refractivity contribution in [2.75, 3.05) is 12.3 Å². The smallest absolute Gasteiger partial charge is 0.327 e.